The number of anilines is 1. The van der Waals surface area contributed by atoms with Gasteiger partial charge in [-0.1, -0.05) is 0 Å². The van der Waals surface area contributed by atoms with Crippen molar-refractivity contribution in [2.45, 2.75) is 26.4 Å². The minimum atomic E-state index is -1.30. The van der Waals surface area contributed by atoms with Gasteiger partial charge in [-0.25, -0.2) is 4.79 Å². The fourth-order valence-corrected chi connectivity index (χ4v) is 2.24. The molecule has 0 fully saturated rings. The van der Waals surface area contributed by atoms with E-state index in [-0.39, 0.29) is 12.3 Å². The lowest BCUT2D eigenvalue weighted by atomic mass is 10.0. The zero-order chi connectivity index (χ0) is 17.0. The van der Waals surface area contributed by atoms with Gasteiger partial charge in [0.05, 0.1) is 12.8 Å². The number of aryl methyl sites for hydroxylation is 1. The van der Waals surface area contributed by atoms with E-state index < -0.39 is 11.6 Å². The number of aliphatic hydroxyl groups is 1. The highest BCUT2D eigenvalue weighted by atomic mass is 16.4. The van der Waals surface area contributed by atoms with Crippen LogP contribution in [0.1, 0.15) is 35.5 Å². The fraction of sp³-hybridized carbons (Fsp3) is 0.294. The van der Waals surface area contributed by atoms with Crippen LogP contribution in [0.25, 0.3) is 0 Å². The third-order valence-electron chi connectivity index (χ3n) is 3.51. The van der Waals surface area contributed by atoms with Crippen molar-refractivity contribution in [3.63, 3.8) is 0 Å². The highest BCUT2D eigenvalue weighted by Crippen LogP contribution is 2.20. The van der Waals surface area contributed by atoms with Crippen molar-refractivity contribution in [3.8, 4) is 0 Å². The molecule has 1 heterocycles. The van der Waals surface area contributed by atoms with Crippen molar-refractivity contribution >= 4 is 17.5 Å². The van der Waals surface area contributed by atoms with Crippen molar-refractivity contribution in [1.29, 1.82) is 0 Å². The maximum absolute atomic E-state index is 11.9. The van der Waals surface area contributed by atoms with Crippen molar-refractivity contribution in [3.05, 3.63) is 53.5 Å². The molecule has 6 nitrogen and oxygen atoms in total. The number of benzene rings is 1. The summed E-state index contributed by atoms with van der Waals surface area (Å²) >= 11 is 0. The van der Waals surface area contributed by atoms with Gasteiger partial charge in [-0.05, 0) is 56.7 Å². The first-order valence-corrected chi connectivity index (χ1v) is 7.22. The molecule has 0 aliphatic heterocycles. The normalized spacial score (nSPS) is 13.2. The zero-order valence-corrected chi connectivity index (χ0v) is 13.3. The Morgan fingerprint density at radius 1 is 1.30 bits per heavy atom. The van der Waals surface area contributed by atoms with Crippen LogP contribution in [0.2, 0.25) is 0 Å². The lowest BCUT2D eigenvalue weighted by Crippen LogP contribution is -2.40. The first kappa shape index (κ1) is 16.8. The van der Waals surface area contributed by atoms with E-state index in [1.807, 2.05) is 6.92 Å². The Labute approximate surface area is 134 Å². The summed E-state index contributed by atoms with van der Waals surface area (Å²) in [6.45, 7) is 4.86. The molecule has 2 amide bonds. The number of furan rings is 1. The molecule has 1 unspecified atom stereocenters. The number of carbonyl (C=O) groups is 2. The van der Waals surface area contributed by atoms with Gasteiger partial charge in [0.1, 0.15) is 11.4 Å². The number of nitrogens with one attached hydrogen (secondary N) is 2. The predicted molar refractivity (Wildman–Crippen MR) is 86.5 cm³/mol. The standard InChI is InChI=1S/C17H20N2O4/c1-11-9-13(6-7-14(11)12(2)20)19-16(21)18-10-17(3,22)15-5-4-8-23-15/h4-9,22H,10H2,1-3H3,(H2,18,19,21). The lowest BCUT2D eigenvalue weighted by molar-refractivity contribution is 0.0372. The quantitative estimate of drug-likeness (QED) is 0.740. The first-order valence-electron chi connectivity index (χ1n) is 7.22. The Balaban J connectivity index is 1.95. The number of rotatable bonds is 5. The van der Waals surface area contributed by atoms with Gasteiger partial charge in [0, 0.05) is 11.3 Å². The number of Topliss-reactive ketones (excluding diaryl/α,β-unsaturated/α-hetero) is 1. The Bertz CT molecular complexity index is 705. The summed E-state index contributed by atoms with van der Waals surface area (Å²) in [7, 11) is 0. The van der Waals surface area contributed by atoms with E-state index in [1.54, 1.807) is 37.3 Å². The first-order chi connectivity index (χ1) is 10.8. The molecule has 0 saturated heterocycles. The van der Waals surface area contributed by atoms with Crippen molar-refractivity contribution in [1.82, 2.24) is 5.32 Å². The van der Waals surface area contributed by atoms with Crippen LogP contribution < -0.4 is 10.6 Å². The van der Waals surface area contributed by atoms with Crippen LogP contribution in [-0.4, -0.2) is 23.5 Å². The third kappa shape index (κ3) is 4.20. The van der Waals surface area contributed by atoms with E-state index in [4.69, 9.17) is 4.42 Å². The van der Waals surface area contributed by atoms with Gasteiger partial charge in [-0.2, -0.15) is 0 Å². The van der Waals surface area contributed by atoms with Crippen LogP contribution >= 0.6 is 0 Å². The zero-order valence-electron chi connectivity index (χ0n) is 13.3. The number of hydrogen-bond acceptors (Lipinski definition) is 4. The summed E-state index contributed by atoms with van der Waals surface area (Å²) in [6, 6.07) is 7.92. The maximum atomic E-state index is 11.9. The molecule has 0 bridgehead atoms. The Morgan fingerprint density at radius 2 is 2.04 bits per heavy atom. The molecular formula is C17H20N2O4. The molecule has 0 spiro atoms. The van der Waals surface area contributed by atoms with Crippen LogP contribution in [0.3, 0.4) is 0 Å². The Hall–Kier alpha value is -2.60. The largest absolute Gasteiger partial charge is 0.466 e. The summed E-state index contributed by atoms with van der Waals surface area (Å²) < 4.78 is 5.15. The van der Waals surface area contributed by atoms with Gasteiger partial charge in [-0.3, -0.25) is 4.79 Å². The monoisotopic (exact) mass is 316 g/mol. The van der Waals surface area contributed by atoms with Gasteiger partial charge in [0.25, 0.3) is 0 Å². The summed E-state index contributed by atoms with van der Waals surface area (Å²) in [5, 5.41) is 15.5. The van der Waals surface area contributed by atoms with Gasteiger partial charge in [-0.15, -0.1) is 0 Å². The summed E-state index contributed by atoms with van der Waals surface area (Å²) in [5.74, 6) is 0.354. The molecule has 0 aliphatic rings. The number of hydrogen-bond donors (Lipinski definition) is 3. The van der Waals surface area contributed by atoms with E-state index in [9.17, 15) is 14.7 Å². The van der Waals surface area contributed by atoms with Crippen molar-refractivity contribution in [2.24, 2.45) is 0 Å². The molecule has 0 aliphatic carbocycles. The number of urea groups is 1. The van der Waals surface area contributed by atoms with Gasteiger partial charge >= 0.3 is 6.03 Å². The molecule has 6 heteroatoms. The predicted octanol–water partition coefficient (Wildman–Crippen LogP) is 2.82. The molecule has 2 aromatic rings. The SMILES string of the molecule is CC(=O)c1ccc(NC(=O)NCC(C)(O)c2ccco2)cc1C. The summed E-state index contributed by atoms with van der Waals surface area (Å²) in [6.07, 6.45) is 1.46. The molecule has 2 rings (SSSR count). The van der Waals surface area contributed by atoms with Crippen molar-refractivity contribution < 1.29 is 19.1 Å². The van der Waals surface area contributed by atoms with Crippen LogP contribution in [0.15, 0.2) is 41.0 Å². The average Bonchev–Trinajstić information content (AvgIpc) is 3.00. The van der Waals surface area contributed by atoms with Crippen molar-refractivity contribution in [2.75, 3.05) is 11.9 Å². The lowest BCUT2D eigenvalue weighted by Gasteiger charge is -2.21. The average molecular weight is 316 g/mol. The highest BCUT2D eigenvalue weighted by Gasteiger charge is 2.26. The smallest absolute Gasteiger partial charge is 0.319 e. The second-order valence-electron chi connectivity index (χ2n) is 5.64. The van der Waals surface area contributed by atoms with Crippen LogP contribution in [0, 0.1) is 6.92 Å². The maximum Gasteiger partial charge on any atom is 0.319 e. The highest BCUT2D eigenvalue weighted by molar-refractivity contribution is 5.96. The van der Waals surface area contributed by atoms with Crippen LogP contribution in [0.5, 0.6) is 0 Å². The Kier molecular flexibility index (Phi) is 4.86. The minimum Gasteiger partial charge on any atom is -0.466 e. The molecule has 23 heavy (non-hydrogen) atoms. The van der Waals surface area contributed by atoms with E-state index in [1.165, 1.54) is 13.2 Å². The molecule has 1 aromatic carbocycles. The fourth-order valence-electron chi connectivity index (χ4n) is 2.24. The Morgan fingerprint density at radius 3 is 2.61 bits per heavy atom. The molecule has 1 aromatic heterocycles. The van der Waals surface area contributed by atoms with E-state index >= 15 is 0 Å². The molecule has 3 N–H and O–H groups in total. The van der Waals surface area contributed by atoms with E-state index in [0.29, 0.717) is 17.0 Å². The summed E-state index contributed by atoms with van der Waals surface area (Å²) in [5.41, 5.74) is 0.687. The molecular weight excluding hydrogens is 296 g/mol. The van der Waals surface area contributed by atoms with E-state index in [0.717, 1.165) is 5.56 Å². The van der Waals surface area contributed by atoms with Gasteiger partial charge in [0.2, 0.25) is 0 Å². The number of ketones is 1. The molecule has 0 saturated carbocycles. The summed E-state index contributed by atoms with van der Waals surface area (Å²) in [4.78, 5) is 23.3. The second-order valence-corrected chi connectivity index (χ2v) is 5.64. The topological polar surface area (TPSA) is 91.6 Å². The number of carbonyl (C=O) groups excluding carboxylic acids is 2. The van der Waals surface area contributed by atoms with Gasteiger partial charge < -0.3 is 20.2 Å². The third-order valence-corrected chi connectivity index (χ3v) is 3.51. The molecule has 122 valence electrons. The van der Waals surface area contributed by atoms with Crippen LogP contribution in [-0.2, 0) is 5.60 Å². The molecule has 1 atom stereocenters. The van der Waals surface area contributed by atoms with Gasteiger partial charge in [0.15, 0.2) is 5.78 Å². The van der Waals surface area contributed by atoms with Crippen LogP contribution in [0.4, 0.5) is 10.5 Å². The molecule has 0 radical (unpaired) electrons. The minimum absolute atomic E-state index is 0.00312. The van der Waals surface area contributed by atoms with E-state index in [2.05, 4.69) is 10.6 Å². The second kappa shape index (κ2) is 6.66. The number of amides is 2.